The van der Waals surface area contributed by atoms with Gasteiger partial charge in [0.15, 0.2) is 0 Å². The van der Waals surface area contributed by atoms with Gasteiger partial charge in [-0.05, 0) is 25.1 Å². The Labute approximate surface area is 116 Å². The minimum atomic E-state index is 0.216. The molecule has 5 heteroatoms. The lowest BCUT2D eigenvalue weighted by atomic mass is 10.2. The summed E-state index contributed by atoms with van der Waals surface area (Å²) in [7, 11) is 1.66. The second-order valence-corrected chi connectivity index (χ2v) is 5.29. The lowest BCUT2D eigenvalue weighted by Crippen LogP contribution is -2.18. The smallest absolute Gasteiger partial charge is 0.123 e. The van der Waals surface area contributed by atoms with Gasteiger partial charge in [-0.15, -0.1) is 11.3 Å². The van der Waals surface area contributed by atoms with E-state index in [4.69, 9.17) is 16.3 Å². The van der Waals surface area contributed by atoms with Crippen molar-refractivity contribution in [1.29, 1.82) is 0 Å². The maximum Gasteiger partial charge on any atom is 0.123 e. The third-order valence-electron chi connectivity index (χ3n) is 2.66. The highest BCUT2D eigenvalue weighted by Gasteiger charge is 2.09. The van der Waals surface area contributed by atoms with Crippen LogP contribution < -0.4 is 10.1 Å². The van der Waals surface area contributed by atoms with Crippen LogP contribution in [0.1, 0.15) is 23.5 Å². The van der Waals surface area contributed by atoms with Crippen molar-refractivity contribution in [3.63, 3.8) is 0 Å². The molecule has 0 saturated heterocycles. The van der Waals surface area contributed by atoms with Crippen molar-refractivity contribution in [3.8, 4) is 5.75 Å². The van der Waals surface area contributed by atoms with E-state index in [2.05, 4.69) is 17.2 Å². The average Bonchev–Trinajstić information content (AvgIpc) is 2.90. The first-order valence-corrected chi connectivity index (χ1v) is 6.91. The number of thiazole rings is 1. The Balaban J connectivity index is 2.03. The van der Waals surface area contributed by atoms with Crippen molar-refractivity contribution < 1.29 is 4.74 Å². The first-order chi connectivity index (χ1) is 8.70. The van der Waals surface area contributed by atoms with Crippen molar-refractivity contribution in [2.75, 3.05) is 7.11 Å². The number of hydrogen-bond acceptors (Lipinski definition) is 4. The standard InChI is InChI=1S/C13H15ClN2OS/c1-9(13-15-5-6-18-13)16-8-10-7-11(14)3-4-12(10)17-2/h3-7,9,16H,8H2,1-2H3. The van der Waals surface area contributed by atoms with E-state index in [0.717, 1.165) is 21.3 Å². The molecule has 0 fully saturated rings. The van der Waals surface area contributed by atoms with Crippen LogP contribution in [0.25, 0.3) is 0 Å². The Kier molecular flexibility index (Phi) is 4.58. The molecule has 1 atom stereocenters. The number of halogens is 1. The summed E-state index contributed by atoms with van der Waals surface area (Å²) in [6.07, 6.45) is 1.82. The van der Waals surface area contributed by atoms with E-state index in [9.17, 15) is 0 Å². The minimum absolute atomic E-state index is 0.216. The van der Waals surface area contributed by atoms with Crippen LogP contribution in [0.4, 0.5) is 0 Å². The number of nitrogens with one attached hydrogen (secondary N) is 1. The molecule has 2 aromatic rings. The molecule has 1 N–H and O–H groups in total. The third-order valence-corrected chi connectivity index (χ3v) is 3.86. The molecule has 0 spiro atoms. The summed E-state index contributed by atoms with van der Waals surface area (Å²) in [5.41, 5.74) is 1.05. The number of rotatable bonds is 5. The Hall–Kier alpha value is -1.10. The number of aromatic nitrogens is 1. The van der Waals surface area contributed by atoms with E-state index in [1.165, 1.54) is 0 Å². The quantitative estimate of drug-likeness (QED) is 0.909. The van der Waals surface area contributed by atoms with Gasteiger partial charge in [-0.1, -0.05) is 11.6 Å². The van der Waals surface area contributed by atoms with Crippen LogP contribution in [0.5, 0.6) is 5.75 Å². The molecular formula is C13H15ClN2OS. The van der Waals surface area contributed by atoms with Crippen LogP contribution in [0.2, 0.25) is 5.02 Å². The van der Waals surface area contributed by atoms with Gasteiger partial charge in [0.1, 0.15) is 10.8 Å². The van der Waals surface area contributed by atoms with Gasteiger partial charge < -0.3 is 10.1 Å². The summed E-state index contributed by atoms with van der Waals surface area (Å²) >= 11 is 7.64. The molecular weight excluding hydrogens is 268 g/mol. The van der Waals surface area contributed by atoms with E-state index < -0.39 is 0 Å². The van der Waals surface area contributed by atoms with Crippen molar-refractivity contribution in [1.82, 2.24) is 10.3 Å². The zero-order chi connectivity index (χ0) is 13.0. The molecule has 1 unspecified atom stereocenters. The highest BCUT2D eigenvalue weighted by molar-refractivity contribution is 7.09. The van der Waals surface area contributed by atoms with Gasteiger partial charge in [0, 0.05) is 28.7 Å². The topological polar surface area (TPSA) is 34.1 Å². The van der Waals surface area contributed by atoms with Gasteiger partial charge in [0.25, 0.3) is 0 Å². The van der Waals surface area contributed by atoms with Gasteiger partial charge in [0.05, 0.1) is 13.2 Å². The third kappa shape index (κ3) is 3.22. The molecule has 1 heterocycles. The second-order valence-electron chi connectivity index (χ2n) is 3.93. The van der Waals surface area contributed by atoms with Crippen LogP contribution in [0.15, 0.2) is 29.8 Å². The highest BCUT2D eigenvalue weighted by Crippen LogP contribution is 2.23. The van der Waals surface area contributed by atoms with Crippen LogP contribution in [-0.2, 0) is 6.54 Å². The predicted molar refractivity (Wildman–Crippen MR) is 75.4 cm³/mol. The monoisotopic (exact) mass is 282 g/mol. The average molecular weight is 283 g/mol. The largest absolute Gasteiger partial charge is 0.496 e. The van der Waals surface area contributed by atoms with E-state index in [1.807, 2.05) is 29.8 Å². The molecule has 96 valence electrons. The highest BCUT2D eigenvalue weighted by atomic mass is 35.5. The lowest BCUT2D eigenvalue weighted by molar-refractivity contribution is 0.406. The molecule has 0 aliphatic heterocycles. The molecule has 18 heavy (non-hydrogen) atoms. The SMILES string of the molecule is COc1ccc(Cl)cc1CNC(C)c1nccs1. The summed E-state index contributed by atoms with van der Waals surface area (Å²) in [6, 6.07) is 5.84. The van der Waals surface area contributed by atoms with Crippen LogP contribution in [0.3, 0.4) is 0 Å². The van der Waals surface area contributed by atoms with Gasteiger partial charge in [-0.3, -0.25) is 0 Å². The summed E-state index contributed by atoms with van der Waals surface area (Å²) in [5, 5.41) is 7.19. The van der Waals surface area contributed by atoms with Crippen molar-refractivity contribution in [3.05, 3.63) is 45.4 Å². The van der Waals surface area contributed by atoms with Crippen LogP contribution in [0, 0.1) is 0 Å². The summed E-state index contributed by atoms with van der Waals surface area (Å²) in [6.45, 7) is 2.79. The summed E-state index contributed by atoms with van der Waals surface area (Å²) in [5.74, 6) is 0.846. The van der Waals surface area contributed by atoms with E-state index in [0.29, 0.717) is 6.54 Å². The van der Waals surface area contributed by atoms with Crippen LogP contribution >= 0.6 is 22.9 Å². The first kappa shape index (κ1) is 13.3. The Morgan fingerprint density at radius 3 is 3.00 bits per heavy atom. The Bertz CT molecular complexity index is 502. The zero-order valence-electron chi connectivity index (χ0n) is 10.3. The molecule has 0 radical (unpaired) electrons. The van der Waals surface area contributed by atoms with Crippen molar-refractivity contribution in [2.45, 2.75) is 19.5 Å². The molecule has 0 bridgehead atoms. The maximum absolute atomic E-state index is 6.00. The van der Waals surface area contributed by atoms with Crippen molar-refractivity contribution >= 4 is 22.9 Å². The molecule has 1 aromatic heterocycles. The first-order valence-electron chi connectivity index (χ1n) is 5.66. The van der Waals surface area contributed by atoms with Gasteiger partial charge in [-0.2, -0.15) is 0 Å². The van der Waals surface area contributed by atoms with E-state index in [1.54, 1.807) is 18.4 Å². The molecule has 0 amide bonds. The minimum Gasteiger partial charge on any atom is -0.496 e. The van der Waals surface area contributed by atoms with Crippen LogP contribution in [-0.4, -0.2) is 12.1 Å². The van der Waals surface area contributed by atoms with E-state index in [-0.39, 0.29) is 6.04 Å². The summed E-state index contributed by atoms with van der Waals surface area (Å²) < 4.78 is 5.31. The van der Waals surface area contributed by atoms with Gasteiger partial charge in [-0.25, -0.2) is 4.98 Å². The fraction of sp³-hybridized carbons (Fsp3) is 0.308. The maximum atomic E-state index is 6.00. The zero-order valence-corrected chi connectivity index (χ0v) is 11.9. The normalized spacial score (nSPS) is 12.4. The Morgan fingerprint density at radius 1 is 1.50 bits per heavy atom. The number of nitrogens with zero attached hydrogens (tertiary/aromatic N) is 1. The number of methoxy groups -OCH3 is 1. The molecule has 1 aromatic carbocycles. The molecule has 0 saturated carbocycles. The van der Waals surface area contributed by atoms with Crippen molar-refractivity contribution in [2.24, 2.45) is 0 Å². The number of hydrogen-bond donors (Lipinski definition) is 1. The van der Waals surface area contributed by atoms with E-state index >= 15 is 0 Å². The fourth-order valence-electron chi connectivity index (χ4n) is 1.68. The van der Waals surface area contributed by atoms with Gasteiger partial charge >= 0.3 is 0 Å². The number of ether oxygens (including phenoxy) is 1. The number of benzene rings is 1. The molecule has 0 aliphatic carbocycles. The summed E-state index contributed by atoms with van der Waals surface area (Å²) in [4.78, 5) is 4.29. The van der Waals surface area contributed by atoms with Gasteiger partial charge in [0.2, 0.25) is 0 Å². The lowest BCUT2D eigenvalue weighted by Gasteiger charge is -2.13. The molecule has 2 rings (SSSR count). The molecule has 0 aliphatic rings. The fourth-order valence-corrected chi connectivity index (χ4v) is 2.55. The second kappa shape index (κ2) is 6.18. The molecule has 3 nitrogen and oxygen atoms in total. The Morgan fingerprint density at radius 2 is 2.33 bits per heavy atom. The predicted octanol–water partition coefficient (Wildman–Crippen LogP) is 3.66.